The van der Waals surface area contributed by atoms with Gasteiger partial charge in [0, 0.05) is 19.0 Å². The Morgan fingerprint density at radius 1 is 1.27 bits per heavy atom. The van der Waals surface area contributed by atoms with E-state index < -0.39 is 10.0 Å². The van der Waals surface area contributed by atoms with E-state index in [1.165, 1.54) is 25.3 Å². The highest BCUT2D eigenvalue weighted by molar-refractivity contribution is 7.89. The van der Waals surface area contributed by atoms with E-state index >= 15 is 0 Å². The van der Waals surface area contributed by atoms with Gasteiger partial charge in [0.05, 0.1) is 23.8 Å². The Kier molecular flexibility index (Phi) is 6.82. The van der Waals surface area contributed by atoms with Crippen molar-refractivity contribution in [2.45, 2.75) is 37.6 Å². The normalized spacial score (nSPS) is 11.5. The molecule has 1 heterocycles. The molecule has 0 aliphatic rings. The van der Waals surface area contributed by atoms with Crippen molar-refractivity contribution in [1.29, 1.82) is 0 Å². The lowest BCUT2D eigenvalue weighted by atomic mass is 10.2. The fraction of sp³-hybridized carbons (Fsp3) is 0.389. The first-order chi connectivity index (χ1) is 12.3. The molecule has 0 saturated carbocycles. The van der Waals surface area contributed by atoms with Crippen LogP contribution in [0.1, 0.15) is 36.4 Å². The van der Waals surface area contributed by atoms with E-state index in [2.05, 4.69) is 10.0 Å². The summed E-state index contributed by atoms with van der Waals surface area (Å²) in [6.45, 7) is 3.92. The Morgan fingerprint density at radius 3 is 2.65 bits per heavy atom. The van der Waals surface area contributed by atoms with Crippen LogP contribution in [-0.4, -0.2) is 34.0 Å². The third kappa shape index (κ3) is 5.34. The number of nitrogens with one attached hydrogen (secondary N) is 2. The molecule has 0 unspecified atom stereocenters. The monoisotopic (exact) mass is 380 g/mol. The summed E-state index contributed by atoms with van der Waals surface area (Å²) in [4.78, 5) is 12.3. The summed E-state index contributed by atoms with van der Waals surface area (Å²) in [5.41, 5.74) is 0.180. The van der Waals surface area contributed by atoms with Gasteiger partial charge < -0.3 is 14.5 Å². The smallest absolute Gasteiger partial charge is 0.255 e. The molecule has 1 aromatic heterocycles. The van der Waals surface area contributed by atoms with Crippen LogP contribution in [0, 0.1) is 0 Å². The van der Waals surface area contributed by atoms with Gasteiger partial charge in [-0.15, -0.1) is 0 Å². The highest BCUT2D eigenvalue weighted by Gasteiger charge is 2.20. The Morgan fingerprint density at radius 2 is 2.04 bits per heavy atom. The van der Waals surface area contributed by atoms with E-state index in [-0.39, 0.29) is 29.0 Å². The SMILES string of the molecule is COc1ccc(S(=O)(=O)NCCCc2ccco2)cc1C(=O)NC(C)C. The summed E-state index contributed by atoms with van der Waals surface area (Å²) in [5, 5.41) is 2.74. The summed E-state index contributed by atoms with van der Waals surface area (Å²) in [6, 6.07) is 7.78. The van der Waals surface area contributed by atoms with Gasteiger partial charge in [-0.3, -0.25) is 4.79 Å². The minimum Gasteiger partial charge on any atom is -0.496 e. The van der Waals surface area contributed by atoms with Crippen LogP contribution in [0.3, 0.4) is 0 Å². The zero-order valence-electron chi connectivity index (χ0n) is 15.1. The van der Waals surface area contributed by atoms with E-state index in [0.717, 1.165) is 5.76 Å². The number of rotatable bonds is 9. The van der Waals surface area contributed by atoms with E-state index in [4.69, 9.17) is 9.15 Å². The van der Waals surface area contributed by atoms with Gasteiger partial charge in [0.2, 0.25) is 10.0 Å². The minimum absolute atomic E-state index is 0.0187. The lowest BCUT2D eigenvalue weighted by Crippen LogP contribution is -2.31. The van der Waals surface area contributed by atoms with Crippen LogP contribution in [0.15, 0.2) is 45.9 Å². The van der Waals surface area contributed by atoms with Crippen LogP contribution in [0.25, 0.3) is 0 Å². The number of methoxy groups -OCH3 is 1. The van der Waals surface area contributed by atoms with Crippen molar-refractivity contribution in [2.75, 3.05) is 13.7 Å². The highest BCUT2D eigenvalue weighted by atomic mass is 32.2. The second-order valence-corrected chi connectivity index (χ2v) is 7.84. The number of hydrogen-bond acceptors (Lipinski definition) is 5. The summed E-state index contributed by atoms with van der Waals surface area (Å²) in [7, 11) is -2.29. The number of carbonyl (C=O) groups excluding carboxylic acids is 1. The molecule has 8 heteroatoms. The zero-order valence-corrected chi connectivity index (χ0v) is 15.9. The van der Waals surface area contributed by atoms with Crippen molar-refractivity contribution < 1.29 is 22.4 Å². The van der Waals surface area contributed by atoms with Crippen molar-refractivity contribution in [3.8, 4) is 5.75 Å². The molecule has 1 amide bonds. The molecule has 142 valence electrons. The van der Waals surface area contributed by atoms with Crippen molar-refractivity contribution in [2.24, 2.45) is 0 Å². The molecule has 0 atom stereocenters. The van der Waals surface area contributed by atoms with E-state index in [1.807, 2.05) is 19.9 Å². The number of ether oxygens (including phenoxy) is 1. The molecule has 2 N–H and O–H groups in total. The summed E-state index contributed by atoms with van der Waals surface area (Å²) < 4.78 is 37.9. The average Bonchev–Trinajstić information content (AvgIpc) is 3.11. The topological polar surface area (TPSA) is 97.6 Å². The van der Waals surface area contributed by atoms with Crippen LogP contribution in [0.5, 0.6) is 5.75 Å². The van der Waals surface area contributed by atoms with E-state index in [9.17, 15) is 13.2 Å². The third-order valence-electron chi connectivity index (χ3n) is 3.62. The number of amides is 1. The number of sulfonamides is 1. The van der Waals surface area contributed by atoms with Gasteiger partial charge >= 0.3 is 0 Å². The first-order valence-corrected chi connectivity index (χ1v) is 9.82. The number of benzene rings is 1. The molecule has 2 aromatic rings. The van der Waals surface area contributed by atoms with Crippen molar-refractivity contribution >= 4 is 15.9 Å². The number of aryl methyl sites for hydroxylation is 1. The largest absolute Gasteiger partial charge is 0.496 e. The van der Waals surface area contributed by atoms with Gasteiger partial charge in [-0.05, 0) is 50.6 Å². The van der Waals surface area contributed by atoms with Crippen LogP contribution in [0.2, 0.25) is 0 Å². The molecular weight excluding hydrogens is 356 g/mol. The number of furan rings is 1. The first kappa shape index (κ1) is 20.0. The Bertz CT molecular complexity index is 829. The second-order valence-electron chi connectivity index (χ2n) is 6.07. The van der Waals surface area contributed by atoms with Gasteiger partial charge in [0.1, 0.15) is 11.5 Å². The molecular formula is C18H24N2O5S. The van der Waals surface area contributed by atoms with Crippen molar-refractivity contribution in [3.05, 3.63) is 47.9 Å². The second kappa shape index (κ2) is 8.86. The van der Waals surface area contributed by atoms with Crippen LogP contribution >= 0.6 is 0 Å². The molecule has 0 spiro atoms. The maximum atomic E-state index is 12.5. The van der Waals surface area contributed by atoms with Gasteiger partial charge in [-0.2, -0.15) is 0 Å². The fourth-order valence-corrected chi connectivity index (χ4v) is 3.48. The maximum Gasteiger partial charge on any atom is 0.255 e. The molecule has 0 saturated heterocycles. The quantitative estimate of drug-likeness (QED) is 0.651. The molecule has 0 radical (unpaired) electrons. The molecule has 2 rings (SSSR count). The van der Waals surface area contributed by atoms with E-state index in [0.29, 0.717) is 18.6 Å². The average molecular weight is 380 g/mol. The van der Waals surface area contributed by atoms with Gasteiger partial charge in [-0.25, -0.2) is 13.1 Å². The predicted octanol–water partition coefficient (Wildman–Crippen LogP) is 2.34. The number of hydrogen-bond donors (Lipinski definition) is 2. The van der Waals surface area contributed by atoms with Gasteiger partial charge in [-0.1, -0.05) is 0 Å². The standard InChI is InChI=1S/C18H24N2O5S/c1-13(2)20-18(21)16-12-15(8-9-17(16)24-3)26(22,23)19-10-4-6-14-7-5-11-25-14/h5,7-9,11-13,19H,4,6,10H2,1-3H3,(H,20,21). The Hall–Kier alpha value is -2.32. The summed E-state index contributed by atoms with van der Waals surface area (Å²) in [5.74, 6) is 0.743. The molecule has 0 aliphatic heterocycles. The Balaban J connectivity index is 2.08. The zero-order chi connectivity index (χ0) is 19.2. The summed E-state index contributed by atoms with van der Waals surface area (Å²) in [6.07, 6.45) is 2.82. The molecule has 7 nitrogen and oxygen atoms in total. The molecule has 26 heavy (non-hydrogen) atoms. The third-order valence-corrected chi connectivity index (χ3v) is 5.08. The number of carbonyl (C=O) groups is 1. The van der Waals surface area contributed by atoms with Crippen LogP contribution < -0.4 is 14.8 Å². The van der Waals surface area contributed by atoms with Gasteiger partial charge in [0.15, 0.2) is 0 Å². The van der Waals surface area contributed by atoms with Crippen molar-refractivity contribution in [3.63, 3.8) is 0 Å². The predicted molar refractivity (Wildman–Crippen MR) is 97.8 cm³/mol. The molecule has 0 bridgehead atoms. The van der Waals surface area contributed by atoms with Crippen molar-refractivity contribution in [1.82, 2.24) is 10.0 Å². The van der Waals surface area contributed by atoms with Crippen LogP contribution in [0.4, 0.5) is 0 Å². The fourth-order valence-electron chi connectivity index (χ4n) is 2.38. The highest BCUT2D eigenvalue weighted by Crippen LogP contribution is 2.22. The lowest BCUT2D eigenvalue weighted by molar-refractivity contribution is 0.0940. The van der Waals surface area contributed by atoms with Gasteiger partial charge in [0.25, 0.3) is 5.91 Å². The summed E-state index contributed by atoms with van der Waals surface area (Å²) >= 11 is 0. The minimum atomic E-state index is -3.73. The Labute approximate surface area is 153 Å². The van der Waals surface area contributed by atoms with Crippen LogP contribution in [-0.2, 0) is 16.4 Å². The molecule has 0 aliphatic carbocycles. The molecule has 0 fully saturated rings. The first-order valence-electron chi connectivity index (χ1n) is 8.34. The lowest BCUT2D eigenvalue weighted by Gasteiger charge is -2.13. The molecule has 1 aromatic carbocycles. The maximum absolute atomic E-state index is 12.5. The van der Waals surface area contributed by atoms with E-state index in [1.54, 1.807) is 12.3 Å².